The fraction of sp³-hybridized carbons (Fsp3) is 0.114. The van der Waals surface area contributed by atoms with Gasteiger partial charge in [-0.05, 0) is 79.2 Å². The zero-order valence-corrected chi connectivity index (χ0v) is 26.8. The van der Waals surface area contributed by atoms with Crippen molar-refractivity contribution in [2.24, 2.45) is 0 Å². The second-order valence-corrected chi connectivity index (χ2v) is 13.2. The average molecular weight is 659 g/mol. The van der Waals surface area contributed by atoms with Crippen LogP contribution in [0.3, 0.4) is 0 Å². The van der Waals surface area contributed by atoms with Gasteiger partial charge in [0.15, 0.2) is 0 Å². The molecule has 1 atom stereocenters. The lowest BCUT2D eigenvalue weighted by atomic mass is 9.98. The van der Waals surface area contributed by atoms with Crippen LogP contribution in [-0.4, -0.2) is 21.4 Å². The predicted molar refractivity (Wildman–Crippen MR) is 180 cm³/mol. The fourth-order valence-electron chi connectivity index (χ4n) is 5.42. The average Bonchev–Trinajstić information content (AvgIpc) is 3.03. The Morgan fingerprint density at radius 1 is 0.844 bits per heavy atom. The Morgan fingerprint density at radius 3 is 2.22 bits per heavy atom. The number of carbonyl (C=O) groups is 1. The van der Waals surface area contributed by atoms with Gasteiger partial charge in [-0.15, -0.1) is 0 Å². The third kappa shape index (κ3) is 6.22. The summed E-state index contributed by atoms with van der Waals surface area (Å²) in [7, 11) is -2.51. The van der Waals surface area contributed by atoms with Gasteiger partial charge in [-0.2, -0.15) is 0 Å². The number of hydrogen-bond acceptors (Lipinski definition) is 5. The van der Waals surface area contributed by atoms with E-state index in [-0.39, 0.29) is 16.4 Å². The number of nitrogens with zero attached hydrogens (tertiary/aromatic N) is 2. The summed E-state index contributed by atoms with van der Waals surface area (Å²) < 4.78 is 34.9. The Kier molecular flexibility index (Phi) is 8.46. The molecule has 6 rings (SSSR count). The number of aryl methyl sites for hydroxylation is 1. The summed E-state index contributed by atoms with van der Waals surface area (Å²) in [5.74, 6) is 0.234. The summed E-state index contributed by atoms with van der Waals surface area (Å²) in [5.41, 5.74) is 4.52. The van der Waals surface area contributed by atoms with Gasteiger partial charge < -0.3 is 9.64 Å². The first-order chi connectivity index (χ1) is 21.6. The van der Waals surface area contributed by atoms with Crippen molar-refractivity contribution in [3.05, 3.63) is 148 Å². The predicted octanol–water partition coefficient (Wildman–Crippen LogP) is 8.48. The lowest BCUT2D eigenvalue weighted by Crippen LogP contribution is -2.49. The van der Waals surface area contributed by atoms with Crippen molar-refractivity contribution in [2.75, 3.05) is 21.6 Å². The first kappa shape index (κ1) is 30.5. The minimum Gasteiger partial charge on any atom is -0.497 e. The number of carbonyl (C=O) groups excluding carboxylic acids is 1. The van der Waals surface area contributed by atoms with Crippen LogP contribution in [0.5, 0.6) is 5.75 Å². The maximum atomic E-state index is 14.6. The molecule has 0 spiro atoms. The van der Waals surface area contributed by atoms with Crippen molar-refractivity contribution in [2.45, 2.75) is 24.5 Å². The zero-order valence-electron chi connectivity index (χ0n) is 24.4. The van der Waals surface area contributed by atoms with Gasteiger partial charge in [0.2, 0.25) is 0 Å². The number of amides is 1. The van der Waals surface area contributed by atoms with E-state index in [9.17, 15) is 13.2 Å². The van der Waals surface area contributed by atoms with E-state index in [0.29, 0.717) is 45.0 Å². The van der Waals surface area contributed by atoms with E-state index in [1.807, 2.05) is 67.6 Å². The number of sulfonamides is 1. The molecule has 1 aliphatic rings. The molecule has 10 heteroatoms. The second kappa shape index (κ2) is 12.5. The van der Waals surface area contributed by atoms with Crippen molar-refractivity contribution in [3.8, 4) is 5.75 Å². The van der Waals surface area contributed by atoms with E-state index in [2.05, 4.69) is 9.62 Å². The van der Waals surface area contributed by atoms with E-state index in [1.54, 1.807) is 47.4 Å². The number of methoxy groups -OCH3 is 1. The van der Waals surface area contributed by atoms with Gasteiger partial charge in [-0.1, -0.05) is 77.3 Å². The van der Waals surface area contributed by atoms with E-state index in [1.165, 1.54) is 19.2 Å². The molecule has 1 N–H and O–H groups in total. The van der Waals surface area contributed by atoms with Crippen molar-refractivity contribution < 1.29 is 17.9 Å². The molecule has 228 valence electrons. The normalized spacial score (nSPS) is 14.7. The highest BCUT2D eigenvalue weighted by molar-refractivity contribution is 7.92. The van der Waals surface area contributed by atoms with E-state index >= 15 is 0 Å². The molecular formula is C35H29Cl2N3O4S. The van der Waals surface area contributed by atoms with E-state index in [0.717, 1.165) is 11.1 Å². The minimum absolute atomic E-state index is 0.0445. The van der Waals surface area contributed by atoms with Crippen LogP contribution >= 0.6 is 23.2 Å². The number of rotatable bonds is 8. The molecule has 45 heavy (non-hydrogen) atoms. The van der Waals surface area contributed by atoms with E-state index < -0.39 is 16.2 Å². The smallest absolute Gasteiger partial charge is 0.262 e. The van der Waals surface area contributed by atoms with Crippen molar-refractivity contribution in [1.29, 1.82) is 0 Å². The lowest BCUT2D eigenvalue weighted by molar-refractivity contribution is 0.0968. The number of nitrogens with one attached hydrogen (secondary N) is 1. The molecule has 1 amide bonds. The number of halogens is 2. The number of benzene rings is 5. The highest BCUT2D eigenvalue weighted by Crippen LogP contribution is 2.45. The van der Waals surface area contributed by atoms with Crippen molar-refractivity contribution >= 4 is 56.2 Å². The summed E-state index contributed by atoms with van der Waals surface area (Å²) >= 11 is 13.1. The highest BCUT2D eigenvalue weighted by atomic mass is 35.5. The molecule has 0 saturated carbocycles. The molecule has 0 radical (unpaired) electrons. The van der Waals surface area contributed by atoms with Gasteiger partial charge in [0, 0.05) is 33.5 Å². The second-order valence-electron chi connectivity index (χ2n) is 10.7. The van der Waals surface area contributed by atoms with Gasteiger partial charge in [0.1, 0.15) is 11.9 Å². The summed E-state index contributed by atoms with van der Waals surface area (Å²) in [4.78, 5) is 18.3. The van der Waals surface area contributed by atoms with Gasteiger partial charge in [-0.3, -0.25) is 14.4 Å². The highest BCUT2D eigenvalue weighted by Gasteiger charge is 2.41. The molecule has 7 nitrogen and oxygen atoms in total. The molecule has 0 saturated heterocycles. The molecule has 5 aromatic rings. The molecule has 0 fully saturated rings. The van der Waals surface area contributed by atoms with Crippen LogP contribution in [0.25, 0.3) is 0 Å². The monoisotopic (exact) mass is 657 g/mol. The Hall–Kier alpha value is -4.50. The Bertz CT molecular complexity index is 1970. The molecule has 0 bridgehead atoms. The quantitative estimate of drug-likeness (QED) is 0.181. The van der Waals surface area contributed by atoms with Crippen LogP contribution in [0.2, 0.25) is 10.0 Å². The van der Waals surface area contributed by atoms with Crippen LogP contribution in [-0.2, 0) is 16.6 Å². The van der Waals surface area contributed by atoms with Gasteiger partial charge in [-0.25, -0.2) is 8.42 Å². The number of hydrogen-bond donors (Lipinski definition) is 1. The fourth-order valence-corrected chi connectivity index (χ4v) is 7.01. The first-order valence-corrected chi connectivity index (χ1v) is 16.4. The number of fused-ring (bicyclic) bond motifs is 1. The first-order valence-electron chi connectivity index (χ1n) is 14.1. The molecule has 0 aromatic heterocycles. The molecule has 0 unspecified atom stereocenters. The standard InChI is InChI=1S/C35H29Cl2N3O4S/c1-23-8-13-27(14-9-23)40-34(30-18-10-25(36)20-32(30)37)39(22-24-6-4-3-5-7-24)33-19-17-29(21-31(33)35(40)41)45(42,43)38-26-11-15-28(44-2)16-12-26/h3-21,34,38H,22H2,1-2H3/t34-/m1/s1. The lowest BCUT2D eigenvalue weighted by Gasteiger charge is -2.46. The van der Waals surface area contributed by atoms with Crippen molar-refractivity contribution in [3.63, 3.8) is 0 Å². The van der Waals surface area contributed by atoms with Crippen LogP contribution in [0.1, 0.15) is 33.2 Å². The number of ether oxygens (including phenoxy) is 1. The molecular weight excluding hydrogens is 629 g/mol. The molecule has 1 aliphatic heterocycles. The molecule has 1 heterocycles. The van der Waals surface area contributed by atoms with Crippen LogP contribution in [0, 0.1) is 6.92 Å². The Balaban J connectivity index is 1.52. The molecule has 0 aliphatic carbocycles. The SMILES string of the molecule is COc1ccc(NS(=O)(=O)c2ccc3c(c2)C(=O)N(c2ccc(C)cc2)[C@H](c2ccc(Cl)cc2Cl)N3Cc2ccccc2)cc1. The third-order valence-electron chi connectivity index (χ3n) is 7.67. The van der Waals surface area contributed by atoms with Gasteiger partial charge in [0.25, 0.3) is 15.9 Å². The zero-order chi connectivity index (χ0) is 31.7. The number of anilines is 3. The maximum absolute atomic E-state index is 14.6. The van der Waals surface area contributed by atoms with Gasteiger partial charge >= 0.3 is 0 Å². The summed E-state index contributed by atoms with van der Waals surface area (Å²) in [6, 6.07) is 33.9. The topological polar surface area (TPSA) is 78.9 Å². The molecule has 5 aromatic carbocycles. The maximum Gasteiger partial charge on any atom is 0.262 e. The Morgan fingerprint density at radius 2 is 1.56 bits per heavy atom. The largest absolute Gasteiger partial charge is 0.497 e. The summed E-state index contributed by atoms with van der Waals surface area (Å²) in [5, 5.41) is 0.879. The van der Waals surface area contributed by atoms with Crippen LogP contribution in [0.4, 0.5) is 17.1 Å². The van der Waals surface area contributed by atoms with Crippen LogP contribution < -0.4 is 19.3 Å². The Labute approximate surface area is 272 Å². The summed E-state index contributed by atoms with van der Waals surface area (Å²) in [6.45, 7) is 2.38. The minimum atomic E-state index is -4.05. The third-order valence-corrected chi connectivity index (χ3v) is 9.61. The van der Waals surface area contributed by atoms with Crippen LogP contribution in [0.15, 0.2) is 120 Å². The van der Waals surface area contributed by atoms with Gasteiger partial charge in [0.05, 0.1) is 23.3 Å². The van der Waals surface area contributed by atoms with Crippen molar-refractivity contribution in [1.82, 2.24) is 0 Å². The van der Waals surface area contributed by atoms with E-state index in [4.69, 9.17) is 27.9 Å². The summed E-state index contributed by atoms with van der Waals surface area (Å²) in [6.07, 6.45) is -0.669.